The summed E-state index contributed by atoms with van der Waals surface area (Å²) >= 11 is 0. The minimum absolute atomic E-state index is 0.0846. The highest BCUT2D eigenvalue weighted by Gasteiger charge is 2.32. The summed E-state index contributed by atoms with van der Waals surface area (Å²) in [7, 11) is 0. The number of anilines is 2. The molecule has 0 bridgehead atoms. The van der Waals surface area contributed by atoms with Crippen LogP contribution in [0.4, 0.5) is 29.3 Å². The van der Waals surface area contributed by atoms with Gasteiger partial charge in [0.15, 0.2) is 0 Å². The molecule has 1 aromatic carbocycles. The molecule has 0 atom stereocenters. The maximum absolute atomic E-state index is 13.1. The van der Waals surface area contributed by atoms with Crippen LogP contribution in [-0.2, 0) is 17.5 Å². The monoisotopic (exact) mass is 480 g/mol. The SMILES string of the molecule is O=C(Nc1cc(C(F)(F)F)ccc1N1CCOCC1)NC1CCCCC1.OCc1ccncc1. The van der Waals surface area contributed by atoms with Crippen LogP contribution in [0.1, 0.15) is 43.2 Å². The van der Waals surface area contributed by atoms with E-state index in [-0.39, 0.29) is 18.3 Å². The van der Waals surface area contributed by atoms with Crippen LogP contribution in [0.5, 0.6) is 0 Å². The average Bonchev–Trinajstić information content (AvgIpc) is 2.85. The maximum Gasteiger partial charge on any atom is 0.416 e. The molecular formula is C24H31F3N4O3. The molecule has 10 heteroatoms. The summed E-state index contributed by atoms with van der Waals surface area (Å²) in [4.78, 5) is 18.0. The molecule has 0 spiro atoms. The van der Waals surface area contributed by atoms with Crippen LogP contribution in [0.3, 0.4) is 0 Å². The number of urea groups is 1. The third-order valence-corrected chi connectivity index (χ3v) is 5.80. The highest BCUT2D eigenvalue weighted by atomic mass is 19.4. The number of pyridine rings is 1. The Hall–Kier alpha value is -2.85. The standard InChI is InChI=1S/C18H24F3N3O2.C6H7NO/c19-18(20,21)13-6-7-16(24-8-10-26-11-9-24)15(12-13)23-17(25)22-14-4-2-1-3-5-14;8-5-6-1-3-7-4-2-6/h6-7,12,14H,1-5,8-11H2,(H2,22,23,25);1-4,8H,5H2. The first-order valence-electron chi connectivity index (χ1n) is 11.5. The van der Waals surface area contributed by atoms with E-state index in [1.165, 1.54) is 6.07 Å². The van der Waals surface area contributed by atoms with Gasteiger partial charge in [0.05, 0.1) is 36.8 Å². The van der Waals surface area contributed by atoms with Crippen molar-refractivity contribution in [3.05, 3.63) is 53.9 Å². The lowest BCUT2D eigenvalue weighted by Crippen LogP contribution is -2.40. The van der Waals surface area contributed by atoms with Crippen LogP contribution >= 0.6 is 0 Å². The molecule has 2 fully saturated rings. The normalized spacial score (nSPS) is 16.9. The van der Waals surface area contributed by atoms with Gasteiger partial charge >= 0.3 is 12.2 Å². The van der Waals surface area contributed by atoms with E-state index < -0.39 is 17.8 Å². The number of rotatable bonds is 4. The number of carbonyl (C=O) groups is 1. The van der Waals surface area contributed by atoms with Crippen molar-refractivity contribution >= 4 is 17.4 Å². The van der Waals surface area contributed by atoms with Gasteiger partial charge in [0.2, 0.25) is 0 Å². The lowest BCUT2D eigenvalue weighted by Gasteiger charge is -2.31. The first kappa shape index (κ1) is 25.8. The van der Waals surface area contributed by atoms with Gasteiger partial charge in [-0.1, -0.05) is 19.3 Å². The van der Waals surface area contributed by atoms with Crippen LogP contribution in [0.25, 0.3) is 0 Å². The number of aromatic nitrogens is 1. The topological polar surface area (TPSA) is 86.7 Å². The van der Waals surface area contributed by atoms with Crippen molar-refractivity contribution in [2.24, 2.45) is 0 Å². The van der Waals surface area contributed by atoms with Gasteiger partial charge in [-0.05, 0) is 48.7 Å². The third-order valence-electron chi connectivity index (χ3n) is 5.80. The van der Waals surface area contributed by atoms with Gasteiger partial charge in [-0.15, -0.1) is 0 Å². The summed E-state index contributed by atoms with van der Waals surface area (Å²) in [5.41, 5.74) is 0.887. The molecule has 7 nitrogen and oxygen atoms in total. The van der Waals surface area contributed by atoms with Crippen LogP contribution in [0.2, 0.25) is 0 Å². The number of aliphatic hydroxyl groups excluding tert-OH is 1. The summed E-state index contributed by atoms with van der Waals surface area (Å²) in [6.07, 6.45) is 3.96. The van der Waals surface area contributed by atoms with Crippen LogP contribution in [-0.4, -0.2) is 48.5 Å². The Bertz CT molecular complexity index is 900. The first-order chi connectivity index (χ1) is 16.4. The molecule has 2 aliphatic rings. The van der Waals surface area contributed by atoms with E-state index in [0.717, 1.165) is 49.8 Å². The average molecular weight is 481 g/mol. The third kappa shape index (κ3) is 7.88. The number of morpholine rings is 1. The molecule has 2 heterocycles. The number of benzene rings is 1. The number of hydrogen-bond acceptors (Lipinski definition) is 5. The fourth-order valence-electron chi connectivity index (χ4n) is 3.97. The van der Waals surface area contributed by atoms with Crippen LogP contribution < -0.4 is 15.5 Å². The summed E-state index contributed by atoms with van der Waals surface area (Å²) in [6.45, 7) is 2.26. The second-order valence-corrected chi connectivity index (χ2v) is 8.28. The van der Waals surface area contributed by atoms with Gasteiger partial charge in [-0.3, -0.25) is 4.98 Å². The van der Waals surface area contributed by atoms with Gasteiger partial charge in [-0.2, -0.15) is 13.2 Å². The smallest absolute Gasteiger partial charge is 0.392 e. The Balaban J connectivity index is 0.000000343. The minimum Gasteiger partial charge on any atom is -0.392 e. The molecule has 2 amide bonds. The van der Waals surface area contributed by atoms with Crippen molar-refractivity contribution in [3.63, 3.8) is 0 Å². The number of nitrogens with zero attached hydrogens (tertiary/aromatic N) is 2. The fourth-order valence-corrected chi connectivity index (χ4v) is 3.97. The summed E-state index contributed by atoms with van der Waals surface area (Å²) in [6, 6.07) is 6.66. The van der Waals surface area contributed by atoms with Crippen LogP contribution in [0.15, 0.2) is 42.7 Å². The van der Waals surface area contributed by atoms with Gasteiger partial charge in [-0.25, -0.2) is 4.79 Å². The number of nitrogens with one attached hydrogen (secondary N) is 2. The molecular weight excluding hydrogens is 449 g/mol. The Morgan fingerprint density at radius 2 is 1.76 bits per heavy atom. The lowest BCUT2D eigenvalue weighted by molar-refractivity contribution is -0.137. The molecule has 3 N–H and O–H groups in total. The number of alkyl halides is 3. The number of hydrogen-bond donors (Lipinski definition) is 3. The number of aliphatic hydroxyl groups is 1. The Morgan fingerprint density at radius 1 is 1.09 bits per heavy atom. The zero-order valence-electron chi connectivity index (χ0n) is 19.0. The highest BCUT2D eigenvalue weighted by Crippen LogP contribution is 2.35. The zero-order chi connectivity index (χ0) is 24.4. The van der Waals surface area contributed by atoms with E-state index in [1.54, 1.807) is 24.5 Å². The minimum atomic E-state index is -4.46. The van der Waals surface area contributed by atoms with Gasteiger partial charge in [0, 0.05) is 31.5 Å². The molecule has 1 aliphatic carbocycles. The van der Waals surface area contributed by atoms with Crippen molar-refractivity contribution < 1.29 is 27.8 Å². The number of halogens is 3. The lowest BCUT2D eigenvalue weighted by atomic mass is 9.96. The molecule has 34 heavy (non-hydrogen) atoms. The Kier molecular flexibility index (Phi) is 9.52. The molecule has 186 valence electrons. The number of ether oxygens (including phenoxy) is 1. The quantitative estimate of drug-likeness (QED) is 0.597. The molecule has 1 aromatic heterocycles. The highest BCUT2D eigenvalue weighted by molar-refractivity contribution is 5.93. The zero-order valence-corrected chi connectivity index (χ0v) is 19.0. The van der Waals surface area contributed by atoms with E-state index in [1.807, 2.05) is 4.90 Å². The van der Waals surface area contributed by atoms with Crippen molar-refractivity contribution in [3.8, 4) is 0 Å². The van der Waals surface area contributed by atoms with Crippen molar-refractivity contribution in [1.29, 1.82) is 0 Å². The van der Waals surface area contributed by atoms with Gasteiger partial charge in [0.25, 0.3) is 0 Å². The number of carbonyl (C=O) groups excluding carboxylic acids is 1. The summed E-state index contributed by atoms with van der Waals surface area (Å²) in [5, 5.41) is 14.0. The second kappa shape index (κ2) is 12.6. The summed E-state index contributed by atoms with van der Waals surface area (Å²) < 4.78 is 44.6. The van der Waals surface area contributed by atoms with E-state index in [9.17, 15) is 18.0 Å². The van der Waals surface area contributed by atoms with Crippen LogP contribution in [0, 0.1) is 0 Å². The van der Waals surface area contributed by atoms with Gasteiger partial charge in [0.1, 0.15) is 0 Å². The summed E-state index contributed by atoms with van der Waals surface area (Å²) in [5.74, 6) is 0. The molecule has 1 aliphatic heterocycles. The predicted octanol–water partition coefficient (Wildman–Crippen LogP) is 4.57. The molecule has 2 aromatic rings. The first-order valence-corrected chi connectivity index (χ1v) is 11.5. The maximum atomic E-state index is 13.1. The molecule has 0 unspecified atom stereocenters. The molecule has 1 saturated heterocycles. The van der Waals surface area contributed by atoms with Crippen molar-refractivity contribution in [2.75, 3.05) is 36.5 Å². The Labute approximate surface area is 197 Å². The van der Waals surface area contributed by atoms with E-state index >= 15 is 0 Å². The molecule has 0 radical (unpaired) electrons. The largest absolute Gasteiger partial charge is 0.416 e. The van der Waals surface area contributed by atoms with Crippen molar-refractivity contribution in [2.45, 2.75) is 50.9 Å². The molecule has 4 rings (SSSR count). The van der Waals surface area contributed by atoms with Crippen molar-refractivity contribution in [1.82, 2.24) is 10.3 Å². The van der Waals surface area contributed by atoms with E-state index in [4.69, 9.17) is 9.84 Å². The van der Waals surface area contributed by atoms with Gasteiger partial charge < -0.3 is 25.4 Å². The predicted molar refractivity (Wildman–Crippen MR) is 124 cm³/mol. The second-order valence-electron chi connectivity index (χ2n) is 8.28. The van der Waals surface area contributed by atoms with E-state index in [2.05, 4.69) is 15.6 Å². The van der Waals surface area contributed by atoms with E-state index in [0.29, 0.717) is 32.0 Å². The fraction of sp³-hybridized carbons (Fsp3) is 0.500. The number of amides is 2. The Morgan fingerprint density at radius 3 is 2.35 bits per heavy atom. The molecule has 1 saturated carbocycles.